The van der Waals surface area contributed by atoms with Crippen LogP contribution in [0.2, 0.25) is 0 Å². The highest BCUT2D eigenvalue weighted by Gasteiger charge is 2.37. The number of hydrogen-bond acceptors (Lipinski definition) is 6. The fraction of sp³-hybridized carbons (Fsp3) is 0.379. The van der Waals surface area contributed by atoms with Gasteiger partial charge in [-0.1, -0.05) is 74.5 Å². The van der Waals surface area contributed by atoms with E-state index >= 15 is 0 Å². The molecule has 37 heavy (non-hydrogen) atoms. The van der Waals surface area contributed by atoms with Crippen LogP contribution in [-0.4, -0.2) is 13.4 Å². The highest BCUT2D eigenvalue weighted by Crippen LogP contribution is 2.53. The summed E-state index contributed by atoms with van der Waals surface area (Å²) in [5, 5.41) is 0. The van der Waals surface area contributed by atoms with E-state index in [4.69, 9.17) is 23.0 Å². The third-order valence-electron chi connectivity index (χ3n) is 6.92. The molecule has 0 amide bonds. The SMILES string of the molecule is C[C@H]1COc2c(F)cc([C@H](C)C3CC3)c(OCOP(=O)(OCc3ccccc3)OCc3ccccc3)c21. The maximum atomic E-state index is 14.9. The number of halogens is 1. The molecule has 1 aliphatic heterocycles. The number of benzene rings is 3. The van der Waals surface area contributed by atoms with E-state index in [0.717, 1.165) is 29.5 Å². The summed E-state index contributed by atoms with van der Waals surface area (Å²) in [5.74, 6) is 0.960. The summed E-state index contributed by atoms with van der Waals surface area (Å²) in [4.78, 5) is 0. The summed E-state index contributed by atoms with van der Waals surface area (Å²) in [7, 11) is -4.01. The van der Waals surface area contributed by atoms with Crippen molar-refractivity contribution in [3.63, 3.8) is 0 Å². The van der Waals surface area contributed by atoms with Gasteiger partial charge in [0.15, 0.2) is 18.4 Å². The fourth-order valence-electron chi connectivity index (χ4n) is 4.61. The van der Waals surface area contributed by atoms with Crippen molar-refractivity contribution in [3.8, 4) is 11.5 Å². The summed E-state index contributed by atoms with van der Waals surface area (Å²) in [5.41, 5.74) is 3.14. The molecule has 2 aliphatic rings. The normalized spacial score (nSPS) is 17.8. The van der Waals surface area contributed by atoms with Crippen LogP contribution in [-0.2, 0) is 31.4 Å². The summed E-state index contributed by atoms with van der Waals surface area (Å²) in [6, 6.07) is 20.3. The molecule has 1 saturated carbocycles. The van der Waals surface area contributed by atoms with Crippen LogP contribution in [0.25, 0.3) is 0 Å². The van der Waals surface area contributed by atoms with Gasteiger partial charge in [-0.3, -0.25) is 9.05 Å². The van der Waals surface area contributed by atoms with E-state index in [9.17, 15) is 8.96 Å². The molecule has 0 aromatic heterocycles. The van der Waals surface area contributed by atoms with Crippen LogP contribution in [0.4, 0.5) is 4.39 Å². The highest BCUT2D eigenvalue weighted by molar-refractivity contribution is 7.48. The van der Waals surface area contributed by atoms with Crippen molar-refractivity contribution in [3.05, 3.63) is 94.8 Å². The first-order valence-electron chi connectivity index (χ1n) is 12.7. The molecule has 8 heteroatoms. The molecule has 0 saturated heterocycles. The lowest BCUT2D eigenvalue weighted by atomic mass is 9.90. The molecule has 5 rings (SSSR count). The number of phosphoric ester groups is 1. The van der Waals surface area contributed by atoms with Gasteiger partial charge >= 0.3 is 7.82 Å². The van der Waals surface area contributed by atoms with Gasteiger partial charge in [0.1, 0.15) is 5.75 Å². The Hall–Kier alpha value is -2.70. The molecule has 6 nitrogen and oxygen atoms in total. The minimum atomic E-state index is -4.01. The molecule has 1 aliphatic carbocycles. The average Bonchev–Trinajstić information content (AvgIpc) is 3.70. The number of ether oxygens (including phenoxy) is 2. The lowest BCUT2D eigenvalue weighted by Crippen LogP contribution is -2.11. The summed E-state index contributed by atoms with van der Waals surface area (Å²) >= 11 is 0. The third kappa shape index (κ3) is 6.24. The van der Waals surface area contributed by atoms with Crippen molar-refractivity contribution >= 4 is 7.82 Å². The van der Waals surface area contributed by atoms with Crippen LogP contribution in [0.5, 0.6) is 11.5 Å². The standard InChI is InChI=1S/C29H32FO6P/c1-20-16-32-29-26(30)15-25(21(2)24-13-14-24)28(27(20)29)33-19-36-37(31,34-17-22-9-5-3-6-10-22)35-18-23-11-7-4-8-12-23/h3-12,15,20-21,24H,13-14,16-19H2,1-2H3/t20-,21+/m0/s1. The number of rotatable bonds is 12. The van der Waals surface area contributed by atoms with Gasteiger partial charge in [-0.15, -0.1) is 0 Å². The zero-order valence-electron chi connectivity index (χ0n) is 21.1. The second-order valence-corrected chi connectivity index (χ2v) is 11.4. The molecule has 0 radical (unpaired) electrons. The molecule has 3 aromatic rings. The molecule has 3 aromatic carbocycles. The second-order valence-electron chi connectivity index (χ2n) is 9.71. The first kappa shape index (κ1) is 25.9. The van der Waals surface area contributed by atoms with Gasteiger partial charge in [0.2, 0.25) is 0 Å². The van der Waals surface area contributed by atoms with Gasteiger partial charge < -0.3 is 9.47 Å². The molecule has 0 bridgehead atoms. The van der Waals surface area contributed by atoms with E-state index in [0.29, 0.717) is 23.8 Å². The van der Waals surface area contributed by atoms with E-state index in [1.807, 2.05) is 67.6 Å². The Morgan fingerprint density at radius 1 is 0.973 bits per heavy atom. The van der Waals surface area contributed by atoms with Crippen LogP contribution < -0.4 is 9.47 Å². The predicted octanol–water partition coefficient (Wildman–Crippen LogP) is 7.73. The van der Waals surface area contributed by atoms with Gasteiger partial charge in [-0.25, -0.2) is 13.5 Å². The van der Waals surface area contributed by atoms with Crippen molar-refractivity contribution < 1.29 is 32.0 Å². The van der Waals surface area contributed by atoms with Gasteiger partial charge in [-0.2, -0.15) is 0 Å². The molecule has 196 valence electrons. The molecule has 0 unspecified atom stereocenters. The molecule has 1 fully saturated rings. The van der Waals surface area contributed by atoms with E-state index in [1.54, 1.807) is 0 Å². The Labute approximate surface area is 217 Å². The first-order chi connectivity index (χ1) is 17.9. The largest absolute Gasteiger partial charge is 0.489 e. The summed E-state index contributed by atoms with van der Waals surface area (Å²) < 4.78 is 57.2. The smallest absolute Gasteiger partial charge is 0.478 e. The van der Waals surface area contributed by atoms with E-state index in [1.165, 1.54) is 6.07 Å². The van der Waals surface area contributed by atoms with E-state index in [-0.39, 0.29) is 43.4 Å². The van der Waals surface area contributed by atoms with Crippen LogP contribution in [0.1, 0.15) is 60.8 Å². The van der Waals surface area contributed by atoms with Crippen LogP contribution in [0.15, 0.2) is 66.7 Å². The van der Waals surface area contributed by atoms with Gasteiger partial charge in [-0.05, 0) is 41.9 Å². The van der Waals surface area contributed by atoms with Crippen molar-refractivity contribution in [2.24, 2.45) is 5.92 Å². The summed E-state index contributed by atoms with van der Waals surface area (Å²) in [6.07, 6.45) is 2.22. The number of fused-ring (bicyclic) bond motifs is 1. The number of phosphoric acid groups is 1. The van der Waals surface area contributed by atoms with Crippen molar-refractivity contribution in [1.29, 1.82) is 0 Å². The topological polar surface area (TPSA) is 63.2 Å². The minimum absolute atomic E-state index is 0.0404. The van der Waals surface area contributed by atoms with Gasteiger partial charge in [0.05, 0.1) is 19.8 Å². The van der Waals surface area contributed by atoms with Crippen LogP contribution >= 0.6 is 7.82 Å². The first-order valence-corrected chi connectivity index (χ1v) is 14.1. The van der Waals surface area contributed by atoms with Crippen molar-refractivity contribution in [2.45, 2.75) is 51.7 Å². The van der Waals surface area contributed by atoms with Gasteiger partial charge in [0, 0.05) is 17.0 Å². The minimum Gasteiger partial charge on any atom is -0.489 e. The van der Waals surface area contributed by atoms with Crippen LogP contribution in [0.3, 0.4) is 0 Å². The van der Waals surface area contributed by atoms with Gasteiger partial charge in [0.25, 0.3) is 0 Å². The van der Waals surface area contributed by atoms with E-state index < -0.39 is 7.82 Å². The Bertz CT molecular complexity index is 1200. The average molecular weight is 527 g/mol. The van der Waals surface area contributed by atoms with Crippen LogP contribution in [0, 0.1) is 11.7 Å². The highest BCUT2D eigenvalue weighted by atomic mass is 31.2. The third-order valence-corrected chi connectivity index (χ3v) is 8.23. The molecule has 2 atom stereocenters. The molecular formula is C29H32FO6P. The Morgan fingerprint density at radius 3 is 2.14 bits per heavy atom. The summed E-state index contributed by atoms with van der Waals surface area (Å²) in [6.45, 7) is 4.16. The quantitative estimate of drug-likeness (QED) is 0.178. The van der Waals surface area contributed by atoms with Crippen molar-refractivity contribution in [2.75, 3.05) is 13.4 Å². The monoisotopic (exact) mass is 526 g/mol. The zero-order chi connectivity index (χ0) is 25.8. The molecule has 0 spiro atoms. The fourth-order valence-corrected chi connectivity index (χ4v) is 5.63. The Morgan fingerprint density at radius 2 is 1.57 bits per heavy atom. The lowest BCUT2D eigenvalue weighted by molar-refractivity contribution is 0.0432. The lowest BCUT2D eigenvalue weighted by Gasteiger charge is -2.22. The van der Waals surface area contributed by atoms with Crippen molar-refractivity contribution in [1.82, 2.24) is 0 Å². The molecule has 0 N–H and O–H groups in total. The Kier molecular flexibility index (Phi) is 7.96. The maximum absolute atomic E-state index is 14.9. The van der Waals surface area contributed by atoms with E-state index in [2.05, 4.69) is 6.92 Å². The Balaban J connectivity index is 1.34. The molecular weight excluding hydrogens is 494 g/mol. The second kappa shape index (κ2) is 11.4. The zero-order valence-corrected chi connectivity index (χ0v) is 22.0. The predicted molar refractivity (Wildman–Crippen MR) is 138 cm³/mol. The molecule has 1 heterocycles. The maximum Gasteiger partial charge on any atom is 0.478 e. The number of hydrogen-bond donors (Lipinski definition) is 0.